The first-order valence-electron chi connectivity index (χ1n) is 9.27. The molecule has 2 aromatic rings. The number of hydrogen-bond acceptors (Lipinski definition) is 5. The van der Waals surface area contributed by atoms with Gasteiger partial charge in [-0.2, -0.15) is 0 Å². The molecule has 27 heavy (non-hydrogen) atoms. The van der Waals surface area contributed by atoms with Gasteiger partial charge in [-0.25, -0.2) is 4.98 Å². The number of benzene rings is 1. The molecular formula is C20H23ClN4O2. The van der Waals surface area contributed by atoms with Crippen LogP contribution in [0.1, 0.15) is 11.1 Å². The van der Waals surface area contributed by atoms with Crippen molar-refractivity contribution in [1.29, 1.82) is 0 Å². The summed E-state index contributed by atoms with van der Waals surface area (Å²) in [5.74, 6) is 0.972. The summed E-state index contributed by atoms with van der Waals surface area (Å²) < 4.78 is 5.57. The third-order valence-corrected chi connectivity index (χ3v) is 5.33. The van der Waals surface area contributed by atoms with Gasteiger partial charge in [0.2, 0.25) is 5.91 Å². The molecule has 1 N–H and O–H groups in total. The molecule has 4 rings (SSSR count). The van der Waals surface area contributed by atoms with E-state index in [4.69, 9.17) is 16.3 Å². The predicted octanol–water partition coefficient (Wildman–Crippen LogP) is 2.43. The Morgan fingerprint density at radius 2 is 2.00 bits per heavy atom. The first-order chi connectivity index (χ1) is 13.2. The summed E-state index contributed by atoms with van der Waals surface area (Å²) in [5.41, 5.74) is 3.21. The normalized spacial score (nSPS) is 17.4. The molecule has 1 aromatic heterocycles. The van der Waals surface area contributed by atoms with E-state index in [1.807, 2.05) is 0 Å². The summed E-state index contributed by atoms with van der Waals surface area (Å²) in [6.45, 7) is 5.77. The van der Waals surface area contributed by atoms with Gasteiger partial charge < -0.3 is 10.1 Å². The lowest BCUT2D eigenvalue weighted by Crippen LogP contribution is -2.48. The molecule has 0 spiro atoms. The van der Waals surface area contributed by atoms with Crippen LogP contribution in [0.2, 0.25) is 5.15 Å². The Labute approximate surface area is 164 Å². The highest BCUT2D eigenvalue weighted by Gasteiger charge is 2.20. The van der Waals surface area contributed by atoms with Gasteiger partial charge in [-0.05, 0) is 29.3 Å². The van der Waals surface area contributed by atoms with Gasteiger partial charge in [0.25, 0.3) is 0 Å². The molecule has 6 nitrogen and oxygen atoms in total. The topological polar surface area (TPSA) is 57.7 Å². The standard InChI is InChI=1S/C20H23ClN4O2/c21-20-17(2-1-6-22-20)23-19(26)14-25-9-7-24(8-10-25)13-15-3-4-18-16(12-15)5-11-27-18/h1-4,6,12H,5,7-11,13-14H2,(H,23,26). The number of ether oxygens (including phenoxy) is 1. The highest BCUT2D eigenvalue weighted by molar-refractivity contribution is 6.32. The molecule has 2 aliphatic heterocycles. The molecule has 0 saturated carbocycles. The lowest BCUT2D eigenvalue weighted by molar-refractivity contribution is -0.117. The van der Waals surface area contributed by atoms with Crippen LogP contribution in [0.15, 0.2) is 36.5 Å². The van der Waals surface area contributed by atoms with Gasteiger partial charge in [-0.15, -0.1) is 0 Å². The number of halogens is 1. The smallest absolute Gasteiger partial charge is 0.238 e. The molecule has 3 heterocycles. The molecule has 0 bridgehead atoms. The van der Waals surface area contributed by atoms with Gasteiger partial charge in [-0.1, -0.05) is 23.7 Å². The quantitative estimate of drug-likeness (QED) is 0.800. The van der Waals surface area contributed by atoms with Crippen molar-refractivity contribution in [2.24, 2.45) is 0 Å². The Morgan fingerprint density at radius 1 is 1.19 bits per heavy atom. The molecule has 1 saturated heterocycles. The van der Waals surface area contributed by atoms with Gasteiger partial charge in [-0.3, -0.25) is 14.6 Å². The third-order valence-electron chi connectivity index (χ3n) is 5.03. The highest BCUT2D eigenvalue weighted by atomic mass is 35.5. The maximum atomic E-state index is 12.2. The summed E-state index contributed by atoms with van der Waals surface area (Å²) in [4.78, 5) is 20.8. The SMILES string of the molecule is O=C(CN1CCN(Cc2ccc3c(c2)CCO3)CC1)Nc1cccnc1Cl. The number of rotatable bonds is 5. The van der Waals surface area contributed by atoms with Gasteiger partial charge in [0, 0.05) is 45.3 Å². The number of hydrogen-bond donors (Lipinski definition) is 1. The minimum Gasteiger partial charge on any atom is -0.493 e. The maximum Gasteiger partial charge on any atom is 0.238 e. The van der Waals surface area contributed by atoms with Crippen LogP contribution in [-0.2, 0) is 17.8 Å². The largest absolute Gasteiger partial charge is 0.493 e. The number of aromatic nitrogens is 1. The van der Waals surface area contributed by atoms with Crippen molar-refractivity contribution in [3.05, 3.63) is 52.8 Å². The first-order valence-corrected chi connectivity index (χ1v) is 9.65. The van der Waals surface area contributed by atoms with Crippen LogP contribution in [0.3, 0.4) is 0 Å². The molecule has 0 radical (unpaired) electrons. The molecule has 0 aliphatic carbocycles. The van der Waals surface area contributed by atoms with Crippen LogP contribution in [0.5, 0.6) is 5.75 Å². The van der Waals surface area contributed by atoms with Crippen molar-refractivity contribution < 1.29 is 9.53 Å². The second kappa shape index (κ2) is 8.25. The molecule has 0 unspecified atom stereocenters. The number of amides is 1. The van der Waals surface area contributed by atoms with Crippen molar-refractivity contribution in [2.45, 2.75) is 13.0 Å². The van der Waals surface area contributed by atoms with E-state index >= 15 is 0 Å². The molecule has 142 valence electrons. The summed E-state index contributed by atoms with van der Waals surface area (Å²) in [5, 5.41) is 3.15. The third kappa shape index (κ3) is 4.58. The van der Waals surface area contributed by atoms with Gasteiger partial charge >= 0.3 is 0 Å². The summed E-state index contributed by atoms with van der Waals surface area (Å²) >= 11 is 5.99. The monoisotopic (exact) mass is 386 g/mol. The number of carbonyl (C=O) groups excluding carboxylic acids is 1. The van der Waals surface area contributed by atoms with E-state index in [9.17, 15) is 4.79 Å². The highest BCUT2D eigenvalue weighted by Crippen LogP contribution is 2.26. The molecule has 0 atom stereocenters. The fraction of sp³-hybridized carbons (Fsp3) is 0.400. The summed E-state index contributed by atoms with van der Waals surface area (Å²) in [7, 11) is 0. The zero-order chi connectivity index (χ0) is 18.6. The number of nitrogens with one attached hydrogen (secondary N) is 1. The Morgan fingerprint density at radius 3 is 2.81 bits per heavy atom. The lowest BCUT2D eigenvalue weighted by atomic mass is 10.1. The molecular weight excluding hydrogens is 364 g/mol. The van der Waals surface area contributed by atoms with Crippen LogP contribution in [0, 0.1) is 0 Å². The van der Waals surface area contributed by atoms with Crippen LogP contribution in [-0.4, -0.2) is 60.0 Å². The number of fused-ring (bicyclic) bond motifs is 1. The number of piperazine rings is 1. The van der Waals surface area contributed by atoms with Crippen LogP contribution in [0.25, 0.3) is 0 Å². The average molecular weight is 387 g/mol. The van der Waals surface area contributed by atoms with Crippen molar-refractivity contribution in [3.63, 3.8) is 0 Å². The van der Waals surface area contributed by atoms with Gasteiger partial charge in [0.1, 0.15) is 5.75 Å². The van der Waals surface area contributed by atoms with Crippen LogP contribution < -0.4 is 10.1 Å². The van der Waals surface area contributed by atoms with Crippen LogP contribution >= 0.6 is 11.6 Å². The van der Waals surface area contributed by atoms with Crippen molar-refractivity contribution in [1.82, 2.24) is 14.8 Å². The van der Waals surface area contributed by atoms with Gasteiger partial charge in [0.15, 0.2) is 5.15 Å². The molecule has 1 fully saturated rings. The van der Waals surface area contributed by atoms with Crippen LogP contribution in [0.4, 0.5) is 5.69 Å². The molecule has 2 aliphatic rings. The molecule has 7 heteroatoms. The Bertz CT molecular complexity index is 821. The van der Waals surface area contributed by atoms with E-state index in [0.717, 1.165) is 51.5 Å². The Kier molecular flexibility index (Phi) is 5.57. The van der Waals surface area contributed by atoms with E-state index in [0.29, 0.717) is 17.4 Å². The number of carbonyl (C=O) groups is 1. The minimum atomic E-state index is -0.0584. The lowest BCUT2D eigenvalue weighted by Gasteiger charge is -2.34. The summed E-state index contributed by atoms with van der Waals surface area (Å²) in [6, 6.07) is 10.0. The van der Waals surface area contributed by atoms with E-state index < -0.39 is 0 Å². The zero-order valence-corrected chi connectivity index (χ0v) is 15.9. The van der Waals surface area contributed by atoms with Crippen molar-refractivity contribution in [2.75, 3.05) is 44.6 Å². The van der Waals surface area contributed by atoms with Crippen molar-refractivity contribution in [3.8, 4) is 5.75 Å². The fourth-order valence-electron chi connectivity index (χ4n) is 3.57. The maximum absolute atomic E-state index is 12.2. The van der Waals surface area contributed by atoms with E-state index in [1.165, 1.54) is 11.1 Å². The molecule has 1 aromatic carbocycles. The minimum absolute atomic E-state index is 0.0584. The first kappa shape index (κ1) is 18.2. The number of pyridine rings is 1. The zero-order valence-electron chi connectivity index (χ0n) is 15.2. The Balaban J connectivity index is 1.24. The Hall–Kier alpha value is -2.15. The summed E-state index contributed by atoms with van der Waals surface area (Å²) in [6.07, 6.45) is 2.61. The van der Waals surface area contributed by atoms with Gasteiger partial charge in [0.05, 0.1) is 18.8 Å². The fourth-order valence-corrected chi connectivity index (χ4v) is 3.74. The second-order valence-electron chi connectivity index (χ2n) is 6.98. The number of anilines is 1. The molecule has 1 amide bonds. The second-order valence-corrected chi connectivity index (χ2v) is 7.34. The number of nitrogens with zero attached hydrogens (tertiary/aromatic N) is 3. The van der Waals surface area contributed by atoms with E-state index in [1.54, 1.807) is 18.3 Å². The van der Waals surface area contributed by atoms with E-state index in [2.05, 4.69) is 38.3 Å². The average Bonchev–Trinajstić information content (AvgIpc) is 3.13. The van der Waals surface area contributed by atoms with Crippen molar-refractivity contribution >= 4 is 23.2 Å². The van der Waals surface area contributed by atoms with E-state index in [-0.39, 0.29) is 5.91 Å². The predicted molar refractivity (Wildman–Crippen MR) is 105 cm³/mol.